The topological polar surface area (TPSA) is 143 Å². The number of amides is 2. The fourth-order valence-corrected chi connectivity index (χ4v) is 3.68. The standard InChI is InChI=1S/C24H25N3O5/c1-14-11-17(13-28)18-8-4-6-16(22(18)26-14)12-15-5-2-3-7-19(15)23(30)27-20(24(31)32)9-10-21(25)29/h2-8,11,20,28H,9-10,12-13H2,1H3,(H2,25,29)(H,27,30)(H,31,32)/t20-/m0/s1. The average Bonchev–Trinajstić information content (AvgIpc) is 2.76. The van der Waals surface area contributed by atoms with Crippen LogP contribution in [0.5, 0.6) is 0 Å². The van der Waals surface area contributed by atoms with Gasteiger partial charge in [-0.05, 0) is 42.2 Å². The van der Waals surface area contributed by atoms with Gasteiger partial charge >= 0.3 is 5.97 Å². The highest BCUT2D eigenvalue weighted by Crippen LogP contribution is 2.25. The molecule has 8 heteroatoms. The van der Waals surface area contributed by atoms with Crippen LogP contribution in [0.2, 0.25) is 0 Å². The molecule has 8 nitrogen and oxygen atoms in total. The summed E-state index contributed by atoms with van der Waals surface area (Å²) in [6, 6.07) is 13.2. The number of aliphatic hydroxyl groups excluding tert-OH is 1. The van der Waals surface area contributed by atoms with Gasteiger partial charge in [0.25, 0.3) is 5.91 Å². The minimum Gasteiger partial charge on any atom is -0.480 e. The second-order valence-electron chi connectivity index (χ2n) is 7.60. The summed E-state index contributed by atoms with van der Waals surface area (Å²) >= 11 is 0. The average molecular weight is 435 g/mol. The Labute approximate surface area is 185 Å². The number of nitrogens with zero attached hydrogens (tertiary/aromatic N) is 1. The highest BCUT2D eigenvalue weighted by Gasteiger charge is 2.22. The normalized spacial score (nSPS) is 11.8. The second kappa shape index (κ2) is 10.0. The van der Waals surface area contributed by atoms with Crippen molar-refractivity contribution >= 4 is 28.7 Å². The number of aliphatic carboxylic acids is 1. The van der Waals surface area contributed by atoms with Gasteiger partial charge in [-0.15, -0.1) is 0 Å². The molecule has 0 aliphatic heterocycles. The number of benzene rings is 2. The van der Waals surface area contributed by atoms with Crippen molar-refractivity contribution in [1.82, 2.24) is 10.3 Å². The first-order valence-electron chi connectivity index (χ1n) is 10.2. The maximum Gasteiger partial charge on any atom is 0.326 e. The molecule has 1 heterocycles. The third kappa shape index (κ3) is 5.28. The molecule has 2 aromatic carbocycles. The summed E-state index contributed by atoms with van der Waals surface area (Å²) in [7, 11) is 0. The Morgan fingerprint density at radius 2 is 1.78 bits per heavy atom. The number of nitrogens with two attached hydrogens (primary N) is 1. The molecular formula is C24H25N3O5. The molecule has 3 rings (SSSR count). The maximum atomic E-state index is 12.9. The summed E-state index contributed by atoms with van der Waals surface area (Å²) < 4.78 is 0. The zero-order chi connectivity index (χ0) is 23.3. The molecule has 0 spiro atoms. The van der Waals surface area contributed by atoms with Crippen LogP contribution in [0.25, 0.3) is 10.9 Å². The molecule has 2 amide bonds. The van der Waals surface area contributed by atoms with Gasteiger partial charge in [0.05, 0.1) is 12.1 Å². The number of pyridine rings is 1. The van der Waals surface area contributed by atoms with Gasteiger partial charge in [0.2, 0.25) is 5.91 Å². The number of nitrogens with one attached hydrogen (secondary N) is 1. The lowest BCUT2D eigenvalue weighted by Gasteiger charge is -2.16. The number of para-hydroxylation sites is 1. The fraction of sp³-hybridized carbons (Fsp3) is 0.250. The van der Waals surface area contributed by atoms with Crippen LogP contribution in [0, 0.1) is 6.92 Å². The van der Waals surface area contributed by atoms with E-state index in [1.54, 1.807) is 24.3 Å². The van der Waals surface area contributed by atoms with Gasteiger partial charge in [0.1, 0.15) is 6.04 Å². The summed E-state index contributed by atoms with van der Waals surface area (Å²) in [5, 5.41) is 22.4. The van der Waals surface area contributed by atoms with Crippen LogP contribution in [0.3, 0.4) is 0 Å². The highest BCUT2D eigenvalue weighted by atomic mass is 16.4. The third-order valence-corrected chi connectivity index (χ3v) is 5.23. The largest absolute Gasteiger partial charge is 0.480 e. The van der Waals surface area contributed by atoms with Crippen molar-refractivity contribution in [3.05, 3.63) is 76.5 Å². The number of aliphatic hydroxyl groups is 1. The number of primary amides is 1. The van der Waals surface area contributed by atoms with Gasteiger partial charge in [-0.25, -0.2) is 4.79 Å². The van der Waals surface area contributed by atoms with Crippen molar-refractivity contribution in [2.75, 3.05) is 0 Å². The van der Waals surface area contributed by atoms with Crippen LogP contribution >= 0.6 is 0 Å². The predicted molar refractivity (Wildman–Crippen MR) is 119 cm³/mol. The number of carboxylic acids is 1. The van der Waals surface area contributed by atoms with E-state index in [0.717, 1.165) is 27.7 Å². The SMILES string of the molecule is Cc1cc(CO)c2cccc(Cc3ccccc3C(=O)N[C@@H](CCC(N)=O)C(=O)O)c2n1. The van der Waals surface area contributed by atoms with Gasteiger partial charge in [-0.3, -0.25) is 14.6 Å². The smallest absolute Gasteiger partial charge is 0.326 e. The van der Waals surface area contributed by atoms with Crippen LogP contribution in [-0.4, -0.2) is 39.0 Å². The lowest BCUT2D eigenvalue weighted by atomic mass is 9.96. The van der Waals surface area contributed by atoms with Crippen LogP contribution in [0.1, 0.15) is 45.6 Å². The fourth-order valence-electron chi connectivity index (χ4n) is 3.68. The number of fused-ring (bicyclic) bond motifs is 1. The van der Waals surface area contributed by atoms with E-state index in [4.69, 9.17) is 5.73 Å². The number of carbonyl (C=O) groups excluding carboxylic acids is 2. The Bertz CT molecular complexity index is 1180. The molecule has 0 saturated heterocycles. The first-order chi connectivity index (χ1) is 15.3. The van der Waals surface area contributed by atoms with Crippen molar-refractivity contribution in [1.29, 1.82) is 0 Å². The van der Waals surface area contributed by atoms with Gasteiger partial charge in [0.15, 0.2) is 0 Å². The molecule has 1 atom stereocenters. The Morgan fingerprint density at radius 1 is 1.06 bits per heavy atom. The van der Waals surface area contributed by atoms with E-state index in [1.165, 1.54) is 0 Å². The lowest BCUT2D eigenvalue weighted by molar-refractivity contribution is -0.139. The van der Waals surface area contributed by atoms with Crippen LogP contribution < -0.4 is 11.1 Å². The Kier molecular flexibility index (Phi) is 7.17. The maximum absolute atomic E-state index is 12.9. The van der Waals surface area contributed by atoms with Crippen molar-refractivity contribution in [3.63, 3.8) is 0 Å². The summed E-state index contributed by atoms with van der Waals surface area (Å²) in [6.45, 7) is 1.75. The first kappa shape index (κ1) is 22.9. The van der Waals surface area contributed by atoms with Crippen molar-refractivity contribution in [2.24, 2.45) is 5.73 Å². The summed E-state index contributed by atoms with van der Waals surface area (Å²) in [5.41, 5.74) is 9.32. The first-order valence-corrected chi connectivity index (χ1v) is 10.2. The molecule has 166 valence electrons. The minimum absolute atomic E-state index is 0.0883. The molecule has 0 aliphatic carbocycles. The van der Waals surface area contributed by atoms with Crippen molar-refractivity contribution in [3.8, 4) is 0 Å². The predicted octanol–water partition coefficient (Wildman–Crippen LogP) is 2.07. The Balaban J connectivity index is 1.92. The molecule has 32 heavy (non-hydrogen) atoms. The lowest BCUT2D eigenvalue weighted by Crippen LogP contribution is -2.41. The van der Waals surface area contributed by atoms with Crippen LogP contribution in [0.4, 0.5) is 0 Å². The van der Waals surface area contributed by atoms with E-state index >= 15 is 0 Å². The molecule has 1 aromatic heterocycles. The quantitative estimate of drug-likeness (QED) is 0.405. The number of aryl methyl sites for hydroxylation is 1. The number of hydrogen-bond donors (Lipinski definition) is 4. The Hall–Kier alpha value is -3.78. The van der Waals surface area contributed by atoms with E-state index in [-0.39, 0.29) is 19.4 Å². The zero-order valence-corrected chi connectivity index (χ0v) is 17.7. The van der Waals surface area contributed by atoms with Crippen molar-refractivity contribution < 1.29 is 24.6 Å². The number of hydrogen-bond acceptors (Lipinski definition) is 5. The molecular weight excluding hydrogens is 410 g/mol. The molecule has 5 N–H and O–H groups in total. The third-order valence-electron chi connectivity index (χ3n) is 5.23. The summed E-state index contributed by atoms with van der Waals surface area (Å²) in [6.07, 6.45) is 0.156. The molecule has 3 aromatic rings. The monoisotopic (exact) mass is 435 g/mol. The highest BCUT2D eigenvalue weighted by molar-refractivity contribution is 5.98. The van der Waals surface area contributed by atoms with Gasteiger partial charge in [0, 0.05) is 29.5 Å². The van der Waals surface area contributed by atoms with Gasteiger partial charge in [-0.1, -0.05) is 36.4 Å². The Morgan fingerprint density at radius 3 is 2.47 bits per heavy atom. The van der Waals surface area contributed by atoms with Gasteiger partial charge in [-0.2, -0.15) is 0 Å². The summed E-state index contributed by atoms with van der Waals surface area (Å²) in [4.78, 5) is 40.0. The second-order valence-corrected chi connectivity index (χ2v) is 7.60. The van der Waals surface area contributed by atoms with Crippen LogP contribution in [-0.2, 0) is 22.6 Å². The molecule has 0 saturated carbocycles. The minimum atomic E-state index is -1.23. The molecule has 0 aliphatic rings. The van der Waals surface area contributed by atoms with Gasteiger partial charge < -0.3 is 21.3 Å². The molecule has 0 unspecified atom stereocenters. The number of aromatic nitrogens is 1. The number of carboxylic acid groups (broad SMARTS) is 1. The molecule has 0 radical (unpaired) electrons. The zero-order valence-electron chi connectivity index (χ0n) is 17.7. The number of rotatable bonds is 9. The van der Waals surface area contributed by atoms with E-state index in [1.807, 2.05) is 31.2 Å². The molecule has 0 fully saturated rings. The van der Waals surface area contributed by atoms with Crippen LogP contribution in [0.15, 0.2) is 48.5 Å². The summed E-state index contributed by atoms with van der Waals surface area (Å²) in [5.74, 6) is -2.41. The van der Waals surface area contributed by atoms with E-state index < -0.39 is 23.8 Å². The van der Waals surface area contributed by atoms with E-state index in [2.05, 4.69) is 10.3 Å². The van der Waals surface area contributed by atoms with E-state index in [9.17, 15) is 24.6 Å². The van der Waals surface area contributed by atoms with E-state index in [0.29, 0.717) is 17.5 Å². The van der Waals surface area contributed by atoms with Crippen molar-refractivity contribution in [2.45, 2.75) is 38.8 Å². The molecule has 0 bridgehead atoms. The number of carbonyl (C=O) groups is 3.